The lowest BCUT2D eigenvalue weighted by Crippen LogP contribution is -2.40. The zero-order valence-corrected chi connectivity index (χ0v) is 17.3. The number of aryl methyl sites for hydroxylation is 1. The van der Waals surface area contributed by atoms with Gasteiger partial charge in [0.25, 0.3) is 5.91 Å². The van der Waals surface area contributed by atoms with Gasteiger partial charge in [-0.05, 0) is 38.4 Å². The summed E-state index contributed by atoms with van der Waals surface area (Å²) in [7, 11) is 1.75. The Bertz CT molecular complexity index is 1130. The Morgan fingerprint density at radius 3 is 2.71 bits per heavy atom. The van der Waals surface area contributed by atoms with Gasteiger partial charge in [0.15, 0.2) is 0 Å². The van der Waals surface area contributed by atoms with Crippen molar-refractivity contribution < 1.29 is 13.6 Å². The second-order valence-corrected chi connectivity index (χ2v) is 8.09. The topological polar surface area (TPSA) is 80.9 Å². The summed E-state index contributed by atoms with van der Waals surface area (Å²) in [5.74, 6) is -1.13. The van der Waals surface area contributed by atoms with E-state index in [1.807, 2.05) is 6.92 Å². The maximum absolute atomic E-state index is 13.8. The van der Waals surface area contributed by atoms with E-state index in [1.165, 1.54) is 18.5 Å². The fourth-order valence-electron chi connectivity index (χ4n) is 4.72. The highest BCUT2D eigenvalue weighted by Crippen LogP contribution is 2.36. The Hall–Kier alpha value is -3.14. The fraction of sp³-hybridized carbons (Fsp3) is 0.429. The molecule has 2 aliphatic rings. The molecule has 1 aromatic carbocycles. The second-order valence-electron chi connectivity index (χ2n) is 8.09. The molecule has 0 bridgehead atoms. The number of halogens is 2. The largest absolute Gasteiger partial charge is 0.327 e. The molecule has 2 aromatic heterocycles. The zero-order valence-electron chi connectivity index (χ0n) is 17.3. The summed E-state index contributed by atoms with van der Waals surface area (Å²) in [6.45, 7) is 4.02. The summed E-state index contributed by atoms with van der Waals surface area (Å²) < 4.78 is 31.0. The van der Waals surface area contributed by atoms with Crippen LogP contribution < -0.4 is 5.32 Å². The molecule has 4 heterocycles. The maximum atomic E-state index is 13.8. The van der Waals surface area contributed by atoms with Crippen molar-refractivity contribution in [2.75, 3.05) is 19.6 Å². The SMILES string of the molecule is C[C@H]1c2nn(C)c(-c3cc(F)cc(F)c3)c2CCN1C(=O)c1ncnn1[C@H]1CCNC1. The molecule has 162 valence electrons. The van der Waals surface area contributed by atoms with Gasteiger partial charge in [-0.1, -0.05) is 0 Å². The molecule has 10 heteroatoms. The average Bonchev–Trinajstić information content (AvgIpc) is 3.46. The summed E-state index contributed by atoms with van der Waals surface area (Å²) in [6, 6.07) is 3.27. The molecule has 1 amide bonds. The third kappa shape index (κ3) is 3.31. The molecule has 1 saturated heterocycles. The van der Waals surface area contributed by atoms with Crippen LogP contribution in [0.2, 0.25) is 0 Å². The number of hydrogen-bond acceptors (Lipinski definition) is 5. The molecule has 0 unspecified atom stereocenters. The van der Waals surface area contributed by atoms with E-state index in [0.717, 1.165) is 36.8 Å². The number of benzene rings is 1. The van der Waals surface area contributed by atoms with Gasteiger partial charge in [-0.25, -0.2) is 18.4 Å². The summed E-state index contributed by atoms with van der Waals surface area (Å²) in [4.78, 5) is 19.3. The first-order valence-corrected chi connectivity index (χ1v) is 10.4. The van der Waals surface area contributed by atoms with Gasteiger partial charge in [-0.2, -0.15) is 10.2 Å². The maximum Gasteiger partial charge on any atom is 0.291 e. The summed E-state index contributed by atoms with van der Waals surface area (Å²) in [6.07, 6.45) is 2.85. The van der Waals surface area contributed by atoms with Crippen molar-refractivity contribution in [3.8, 4) is 11.3 Å². The van der Waals surface area contributed by atoms with Gasteiger partial charge in [-0.15, -0.1) is 0 Å². The Morgan fingerprint density at radius 1 is 1.23 bits per heavy atom. The first kappa shape index (κ1) is 19.8. The average molecular weight is 427 g/mol. The summed E-state index contributed by atoms with van der Waals surface area (Å²) >= 11 is 0. The number of carbonyl (C=O) groups excluding carboxylic acids is 1. The molecule has 3 aromatic rings. The van der Waals surface area contributed by atoms with Crippen LogP contribution in [-0.2, 0) is 13.5 Å². The van der Waals surface area contributed by atoms with Gasteiger partial charge in [-0.3, -0.25) is 9.48 Å². The minimum Gasteiger partial charge on any atom is -0.327 e. The molecule has 1 fully saturated rings. The number of hydrogen-bond donors (Lipinski definition) is 1. The Balaban J connectivity index is 1.47. The van der Waals surface area contributed by atoms with Gasteiger partial charge in [0.2, 0.25) is 5.82 Å². The van der Waals surface area contributed by atoms with Crippen molar-refractivity contribution in [1.29, 1.82) is 0 Å². The lowest BCUT2D eigenvalue weighted by Gasteiger charge is -2.32. The number of fused-ring (bicyclic) bond motifs is 1. The van der Waals surface area contributed by atoms with E-state index in [0.29, 0.717) is 30.0 Å². The third-order valence-electron chi connectivity index (χ3n) is 6.18. The van der Waals surface area contributed by atoms with Crippen molar-refractivity contribution in [3.63, 3.8) is 0 Å². The van der Waals surface area contributed by atoms with Crippen LogP contribution in [-0.4, -0.2) is 55.0 Å². The molecule has 0 saturated carbocycles. The standard InChI is InChI=1S/C21H23F2N7O/c1-12-18-17(19(28(2)27-18)13-7-14(22)9-15(23)8-13)4-6-29(12)21(31)20-25-11-26-30(20)16-3-5-24-10-16/h7-9,11-12,16,24H,3-6,10H2,1-2H3/t12-,16-/m0/s1. The molecule has 2 atom stereocenters. The Labute approximate surface area is 177 Å². The van der Waals surface area contributed by atoms with Crippen LogP contribution in [0.25, 0.3) is 11.3 Å². The molecule has 1 N–H and O–H groups in total. The second kappa shape index (κ2) is 7.52. The molecule has 5 rings (SSSR count). The quantitative estimate of drug-likeness (QED) is 0.694. The fourth-order valence-corrected chi connectivity index (χ4v) is 4.72. The predicted molar refractivity (Wildman–Crippen MR) is 108 cm³/mol. The number of aromatic nitrogens is 5. The van der Waals surface area contributed by atoms with E-state index in [2.05, 4.69) is 20.5 Å². The van der Waals surface area contributed by atoms with Gasteiger partial charge in [0.05, 0.1) is 23.5 Å². The van der Waals surface area contributed by atoms with E-state index >= 15 is 0 Å². The van der Waals surface area contributed by atoms with Crippen LogP contribution in [0.3, 0.4) is 0 Å². The monoisotopic (exact) mass is 427 g/mol. The van der Waals surface area contributed by atoms with Crippen LogP contribution in [0.4, 0.5) is 8.78 Å². The molecule has 2 aliphatic heterocycles. The minimum atomic E-state index is -0.633. The highest BCUT2D eigenvalue weighted by molar-refractivity contribution is 5.91. The van der Waals surface area contributed by atoms with E-state index in [9.17, 15) is 13.6 Å². The number of amides is 1. The number of nitrogens with one attached hydrogen (secondary N) is 1. The lowest BCUT2D eigenvalue weighted by atomic mass is 9.95. The number of carbonyl (C=O) groups is 1. The minimum absolute atomic E-state index is 0.112. The molecular weight excluding hydrogens is 404 g/mol. The van der Waals surface area contributed by atoms with E-state index < -0.39 is 11.6 Å². The predicted octanol–water partition coefficient (Wildman–Crippen LogP) is 2.25. The van der Waals surface area contributed by atoms with Crippen LogP contribution >= 0.6 is 0 Å². The molecule has 0 aliphatic carbocycles. The number of rotatable bonds is 3. The zero-order chi connectivity index (χ0) is 21.7. The van der Waals surface area contributed by atoms with Crippen molar-refractivity contribution in [1.82, 2.24) is 34.8 Å². The summed E-state index contributed by atoms with van der Waals surface area (Å²) in [5, 5.41) is 12.2. The van der Waals surface area contributed by atoms with Crippen LogP contribution in [0.15, 0.2) is 24.5 Å². The Kier molecular flexibility index (Phi) is 4.81. The van der Waals surface area contributed by atoms with Crippen molar-refractivity contribution >= 4 is 5.91 Å². The Morgan fingerprint density at radius 2 is 2.00 bits per heavy atom. The van der Waals surface area contributed by atoms with Crippen molar-refractivity contribution in [2.45, 2.75) is 31.8 Å². The van der Waals surface area contributed by atoms with Crippen molar-refractivity contribution in [3.05, 3.63) is 53.2 Å². The van der Waals surface area contributed by atoms with Crippen LogP contribution in [0.5, 0.6) is 0 Å². The number of nitrogens with zero attached hydrogens (tertiary/aromatic N) is 6. The molecular formula is C21H23F2N7O. The summed E-state index contributed by atoms with van der Waals surface area (Å²) in [5.41, 5.74) is 2.75. The lowest BCUT2D eigenvalue weighted by molar-refractivity contribution is 0.0651. The smallest absolute Gasteiger partial charge is 0.291 e. The van der Waals surface area contributed by atoms with Gasteiger partial charge in [0, 0.05) is 37.3 Å². The van der Waals surface area contributed by atoms with Crippen molar-refractivity contribution in [2.24, 2.45) is 7.05 Å². The van der Waals surface area contributed by atoms with E-state index in [1.54, 1.807) is 21.3 Å². The molecule has 31 heavy (non-hydrogen) atoms. The van der Waals surface area contributed by atoms with Gasteiger partial charge in [0.1, 0.15) is 18.0 Å². The first-order valence-electron chi connectivity index (χ1n) is 10.4. The highest BCUT2D eigenvalue weighted by atomic mass is 19.1. The van der Waals surface area contributed by atoms with E-state index in [4.69, 9.17) is 0 Å². The molecule has 8 nitrogen and oxygen atoms in total. The molecule has 0 spiro atoms. The first-order chi connectivity index (χ1) is 14.9. The third-order valence-corrected chi connectivity index (χ3v) is 6.18. The molecule has 0 radical (unpaired) electrons. The van der Waals surface area contributed by atoms with Crippen LogP contribution in [0.1, 0.15) is 47.3 Å². The van der Waals surface area contributed by atoms with Gasteiger partial charge >= 0.3 is 0 Å². The van der Waals surface area contributed by atoms with Crippen LogP contribution in [0, 0.1) is 11.6 Å². The van der Waals surface area contributed by atoms with Gasteiger partial charge < -0.3 is 10.2 Å². The normalized spacial score (nSPS) is 20.8. The highest BCUT2D eigenvalue weighted by Gasteiger charge is 2.36. The van der Waals surface area contributed by atoms with E-state index in [-0.39, 0.29) is 18.0 Å².